The highest BCUT2D eigenvalue weighted by Crippen LogP contribution is 2.12. The third-order valence-corrected chi connectivity index (χ3v) is 2.75. The Bertz CT molecular complexity index is 497. The Morgan fingerprint density at radius 1 is 1.29 bits per heavy atom. The van der Waals surface area contributed by atoms with Gasteiger partial charge in [0.1, 0.15) is 11.6 Å². The van der Waals surface area contributed by atoms with Gasteiger partial charge < -0.3 is 10.1 Å². The minimum Gasteiger partial charge on any atom is -0.444 e. The van der Waals surface area contributed by atoms with Crippen molar-refractivity contribution < 1.29 is 14.3 Å². The van der Waals surface area contributed by atoms with E-state index < -0.39 is 23.6 Å². The summed E-state index contributed by atoms with van der Waals surface area (Å²) in [6.45, 7) is 5.22. The predicted molar refractivity (Wildman–Crippen MR) is 80.6 cm³/mol. The number of carbonyl (C=O) groups is 2. The lowest BCUT2D eigenvalue weighted by atomic mass is 10.1. The van der Waals surface area contributed by atoms with E-state index in [0.717, 1.165) is 5.56 Å². The van der Waals surface area contributed by atoms with Gasteiger partial charge in [0, 0.05) is 11.4 Å². The molecule has 0 heterocycles. The molecule has 0 aromatic heterocycles. The minimum atomic E-state index is -0.828. The summed E-state index contributed by atoms with van der Waals surface area (Å²) < 4.78 is 5.13. The number of alkyl carbamates (subject to hydrolysis) is 1. The lowest BCUT2D eigenvalue weighted by Gasteiger charge is -2.23. The fourth-order valence-corrected chi connectivity index (χ4v) is 1.74. The Labute approximate surface area is 129 Å². The summed E-state index contributed by atoms with van der Waals surface area (Å²) in [5, 5.41) is 3.10. The average molecular weight is 314 g/mol. The fourth-order valence-electron chi connectivity index (χ4n) is 1.62. The Kier molecular flexibility index (Phi) is 5.99. The molecule has 116 valence electrons. The van der Waals surface area contributed by atoms with Gasteiger partial charge in [0.2, 0.25) is 0 Å². The largest absolute Gasteiger partial charge is 0.444 e. The molecule has 1 aromatic carbocycles. The summed E-state index contributed by atoms with van der Waals surface area (Å²) in [6.07, 6.45) is -0.399. The van der Waals surface area contributed by atoms with Crippen LogP contribution in [0.25, 0.3) is 0 Å². The Morgan fingerprint density at radius 2 is 1.86 bits per heavy atom. The number of nitrogens with one attached hydrogen (secondary N) is 2. The summed E-state index contributed by atoms with van der Waals surface area (Å²) in [4.78, 5) is 23.5. The van der Waals surface area contributed by atoms with E-state index in [-0.39, 0.29) is 6.42 Å². The molecule has 0 saturated carbocycles. The van der Waals surface area contributed by atoms with Crippen LogP contribution in [0.1, 0.15) is 26.3 Å². The van der Waals surface area contributed by atoms with Gasteiger partial charge >= 0.3 is 6.09 Å². The second-order valence-electron chi connectivity index (χ2n) is 5.54. The van der Waals surface area contributed by atoms with Crippen LogP contribution in [0.2, 0.25) is 5.02 Å². The Hall–Kier alpha value is -1.79. The zero-order valence-corrected chi connectivity index (χ0v) is 13.0. The summed E-state index contributed by atoms with van der Waals surface area (Å²) in [5.41, 5.74) is 2.22. The van der Waals surface area contributed by atoms with Crippen molar-refractivity contribution in [1.82, 2.24) is 10.7 Å². The summed E-state index contributed by atoms with van der Waals surface area (Å²) >= 11 is 5.81. The van der Waals surface area contributed by atoms with E-state index in [2.05, 4.69) is 5.32 Å². The minimum absolute atomic E-state index is 0.277. The second kappa shape index (κ2) is 7.28. The zero-order chi connectivity index (χ0) is 16.0. The molecular formula is C14H20ClN3O3. The molecule has 0 spiro atoms. The van der Waals surface area contributed by atoms with Gasteiger partial charge in [0.05, 0.1) is 0 Å². The van der Waals surface area contributed by atoms with Crippen molar-refractivity contribution >= 4 is 23.6 Å². The number of hydrogen-bond donors (Lipinski definition) is 3. The number of hydrazine groups is 1. The van der Waals surface area contributed by atoms with E-state index in [0.29, 0.717) is 5.02 Å². The van der Waals surface area contributed by atoms with Crippen molar-refractivity contribution in [2.45, 2.75) is 38.8 Å². The fraction of sp³-hybridized carbons (Fsp3) is 0.429. The number of amides is 2. The molecule has 21 heavy (non-hydrogen) atoms. The molecule has 0 aliphatic rings. The Balaban J connectivity index is 2.74. The van der Waals surface area contributed by atoms with Crippen LogP contribution in [0, 0.1) is 0 Å². The molecule has 1 atom stereocenters. The SMILES string of the molecule is CC(C)(C)OC(=O)NC(Cc1ccc(Cl)cc1)C(=O)NN. The van der Waals surface area contributed by atoms with E-state index in [1.54, 1.807) is 45.0 Å². The zero-order valence-electron chi connectivity index (χ0n) is 12.3. The molecule has 1 unspecified atom stereocenters. The van der Waals surface area contributed by atoms with Gasteiger partial charge in [0.15, 0.2) is 0 Å². The van der Waals surface area contributed by atoms with E-state index in [4.69, 9.17) is 22.2 Å². The molecule has 2 amide bonds. The van der Waals surface area contributed by atoms with E-state index in [9.17, 15) is 9.59 Å². The molecule has 1 rings (SSSR count). The molecule has 1 aromatic rings. The van der Waals surface area contributed by atoms with E-state index in [1.807, 2.05) is 5.43 Å². The van der Waals surface area contributed by atoms with Gasteiger partial charge in [-0.3, -0.25) is 10.2 Å². The van der Waals surface area contributed by atoms with Crippen molar-refractivity contribution in [1.29, 1.82) is 0 Å². The van der Waals surface area contributed by atoms with Gasteiger partial charge in [-0.2, -0.15) is 0 Å². The van der Waals surface area contributed by atoms with Crippen molar-refractivity contribution in [2.75, 3.05) is 0 Å². The summed E-state index contributed by atoms with van der Waals surface area (Å²) in [7, 11) is 0. The molecule has 0 bridgehead atoms. The van der Waals surface area contributed by atoms with Crippen LogP contribution in [-0.2, 0) is 16.0 Å². The number of carbonyl (C=O) groups excluding carboxylic acids is 2. The predicted octanol–water partition coefficient (Wildman–Crippen LogP) is 1.77. The smallest absolute Gasteiger partial charge is 0.408 e. The molecule has 0 saturated heterocycles. The van der Waals surface area contributed by atoms with Crippen LogP contribution >= 0.6 is 11.6 Å². The van der Waals surface area contributed by atoms with Crippen molar-refractivity contribution in [3.05, 3.63) is 34.9 Å². The average Bonchev–Trinajstić information content (AvgIpc) is 2.37. The lowest BCUT2D eigenvalue weighted by molar-refractivity contribution is -0.123. The van der Waals surface area contributed by atoms with Gasteiger partial charge in [-0.1, -0.05) is 23.7 Å². The first-order valence-corrected chi connectivity index (χ1v) is 6.83. The molecule has 0 radical (unpaired) electrons. The molecule has 7 heteroatoms. The number of benzene rings is 1. The summed E-state index contributed by atoms with van der Waals surface area (Å²) in [6, 6.07) is 6.14. The molecule has 6 nitrogen and oxygen atoms in total. The normalized spacial score (nSPS) is 12.4. The number of ether oxygens (including phenoxy) is 1. The highest BCUT2D eigenvalue weighted by molar-refractivity contribution is 6.30. The maximum absolute atomic E-state index is 11.8. The van der Waals surface area contributed by atoms with Crippen molar-refractivity contribution in [3.63, 3.8) is 0 Å². The number of nitrogens with two attached hydrogens (primary N) is 1. The first-order valence-electron chi connectivity index (χ1n) is 6.45. The van der Waals surface area contributed by atoms with E-state index >= 15 is 0 Å². The lowest BCUT2D eigenvalue weighted by Crippen LogP contribution is -2.51. The maximum Gasteiger partial charge on any atom is 0.408 e. The van der Waals surface area contributed by atoms with Crippen molar-refractivity contribution in [3.8, 4) is 0 Å². The summed E-state index contributed by atoms with van der Waals surface area (Å²) in [5.74, 6) is 4.64. The third kappa shape index (κ3) is 6.46. The number of rotatable bonds is 4. The van der Waals surface area contributed by atoms with Crippen LogP contribution in [0.4, 0.5) is 4.79 Å². The Morgan fingerprint density at radius 3 is 2.33 bits per heavy atom. The first-order chi connectivity index (χ1) is 9.71. The van der Waals surface area contributed by atoms with Crippen LogP contribution < -0.4 is 16.6 Å². The molecule has 0 aliphatic carbocycles. The van der Waals surface area contributed by atoms with Gasteiger partial charge in [0.25, 0.3) is 5.91 Å². The molecule has 0 aliphatic heterocycles. The quantitative estimate of drug-likeness (QED) is 0.448. The maximum atomic E-state index is 11.8. The molecule has 4 N–H and O–H groups in total. The topological polar surface area (TPSA) is 93.4 Å². The highest BCUT2D eigenvalue weighted by Gasteiger charge is 2.24. The van der Waals surface area contributed by atoms with Gasteiger partial charge in [-0.25, -0.2) is 10.6 Å². The molecule has 0 fully saturated rings. The molecular weight excluding hydrogens is 294 g/mol. The van der Waals surface area contributed by atoms with Crippen LogP contribution in [-0.4, -0.2) is 23.6 Å². The standard InChI is InChI=1S/C14H20ClN3O3/c1-14(2,3)21-13(20)17-11(12(19)18-16)8-9-4-6-10(15)7-5-9/h4-7,11H,8,16H2,1-3H3,(H,17,20)(H,18,19). The highest BCUT2D eigenvalue weighted by atomic mass is 35.5. The first kappa shape index (κ1) is 17.3. The van der Waals surface area contributed by atoms with Crippen LogP contribution in [0.5, 0.6) is 0 Å². The van der Waals surface area contributed by atoms with Gasteiger partial charge in [-0.15, -0.1) is 0 Å². The van der Waals surface area contributed by atoms with E-state index in [1.165, 1.54) is 0 Å². The third-order valence-electron chi connectivity index (χ3n) is 2.50. The van der Waals surface area contributed by atoms with Crippen LogP contribution in [0.3, 0.4) is 0 Å². The number of hydrogen-bond acceptors (Lipinski definition) is 4. The van der Waals surface area contributed by atoms with Gasteiger partial charge in [-0.05, 0) is 38.5 Å². The van der Waals surface area contributed by atoms with Crippen molar-refractivity contribution in [2.24, 2.45) is 5.84 Å². The van der Waals surface area contributed by atoms with Crippen LogP contribution in [0.15, 0.2) is 24.3 Å². The number of halogens is 1. The second-order valence-corrected chi connectivity index (χ2v) is 5.97. The monoisotopic (exact) mass is 313 g/mol.